The molecule has 90 valence electrons. The fourth-order valence-electron chi connectivity index (χ4n) is 1.25. The number of rotatable bonds is 6. The van der Waals surface area contributed by atoms with Gasteiger partial charge in [-0.1, -0.05) is 12.1 Å². The Morgan fingerprint density at radius 2 is 2.19 bits per heavy atom. The van der Waals surface area contributed by atoms with E-state index in [0.29, 0.717) is 17.9 Å². The van der Waals surface area contributed by atoms with Crippen molar-refractivity contribution in [1.29, 1.82) is 0 Å². The number of hydrogen-bond acceptors (Lipinski definition) is 4. The molecule has 0 aliphatic heterocycles. The molecule has 0 heterocycles. The number of hydrogen-bond donors (Lipinski definition) is 2. The second kappa shape index (κ2) is 5.83. The number of nitrogen functional groups attached to an aromatic ring is 1. The molecule has 0 bridgehead atoms. The van der Waals surface area contributed by atoms with E-state index in [4.69, 9.17) is 10.5 Å². The molecule has 0 spiro atoms. The van der Waals surface area contributed by atoms with Crippen molar-refractivity contribution in [2.75, 3.05) is 26.0 Å². The average molecular weight is 244 g/mol. The first-order valence-corrected chi connectivity index (χ1v) is 6.49. The van der Waals surface area contributed by atoms with Crippen LogP contribution in [-0.4, -0.2) is 28.7 Å². The lowest BCUT2D eigenvalue weighted by molar-refractivity contribution is 0.204. The van der Waals surface area contributed by atoms with E-state index >= 15 is 0 Å². The van der Waals surface area contributed by atoms with Gasteiger partial charge in [0.25, 0.3) is 0 Å². The Labute approximate surface area is 95.7 Å². The van der Waals surface area contributed by atoms with E-state index < -0.39 is 10.0 Å². The topological polar surface area (TPSA) is 81.4 Å². The van der Waals surface area contributed by atoms with Gasteiger partial charge in [0.05, 0.1) is 12.4 Å². The Balaban J connectivity index is 2.59. The van der Waals surface area contributed by atoms with Gasteiger partial charge in [0, 0.05) is 19.3 Å². The highest BCUT2D eigenvalue weighted by atomic mass is 32.2. The normalized spacial score (nSPS) is 11.6. The minimum Gasteiger partial charge on any atom is -0.399 e. The molecule has 0 aliphatic carbocycles. The predicted octanol–water partition coefficient (Wildman–Crippen LogP) is 0.335. The molecule has 0 atom stereocenters. The molecule has 6 heteroatoms. The van der Waals surface area contributed by atoms with Gasteiger partial charge >= 0.3 is 0 Å². The maximum atomic E-state index is 11.6. The Morgan fingerprint density at radius 3 is 2.81 bits per heavy atom. The molecule has 0 saturated carbocycles. The van der Waals surface area contributed by atoms with E-state index in [1.54, 1.807) is 24.3 Å². The maximum absolute atomic E-state index is 11.6. The monoisotopic (exact) mass is 244 g/mol. The molecule has 3 N–H and O–H groups in total. The van der Waals surface area contributed by atoms with Gasteiger partial charge in [-0.05, 0) is 17.7 Å². The van der Waals surface area contributed by atoms with Crippen molar-refractivity contribution in [3.8, 4) is 0 Å². The van der Waals surface area contributed by atoms with Crippen LogP contribution in [0.15, 0.2) is 24.3 Å². The lowest BCUT2D eigenvalue weighted by Gasteiger charge is -2.06. The molecule has 5 nitrogen and oxygen atoms in total. The lowest BCUT2D eigenvalue weighted by Crippen LogP contribution is -2.28. The van der Waals surface area contributed by atoms with Gasteiger partial charge in [-0.25, -0.2) is 13.1 Å². The number of methoxy groups -OCH3 is 1. The number of sulfonamides is 1. The van der Waals surface area contributed by atoms with E-state index in [1.807, 2.05) is 0 Å². The van der Waals surface area contributed by atoms with Crippen LogP contribution in [0.4, 0.5) is 5.69 Å². The molecule has 16 heavy (non-hydrogen) atoms. The van der Waals surface area contributed by atoms with Crippen LogP contribution in [0.25, 0.3) is 0 Å². The largest absolute Gasteiger partial charge is 0.399 e. The first-order valence-electron chi connectivity index (χ1n) is 4.84. The van der Waals surface area contributed by atoms with Crippen molar-refractivity contribution in [3.63, 3.8) is 0 Å². The van der Waals surface area contributed by atoms with Crippen LogP contribution >= 0.6 is 0 Å². The molecule has 0 aromatic heterocycles. The van der Waals surface area contributed by atoms with E-state index in [2.05, 4.69) is 4.72 Å². The number of anilines is 1. The van der Waals surface area contributed by atoms with Crippen LogP contribution in [-0.2, 0) is 20.5 Å². The third-order valence-corrected chi connectivity index (χ3v) is 3.29. The number of benzene rings is 1. The van der Waals surface area contributed by atoms with Gasteiger partial charge in [0.15, 0.2) is 0 Å². The molecule has 1 aromatic carbocycles. The Morgan fingerprint density at radius 1 is 1.44 bits per heavy atom. The van der Waals surface area contributed by atoms with Crippen LogP contribution in [0.3, 0.4) is 0 Å². The molecular weight excluding hydrogens is 228 g/mol. The van der Waals surface area contributed by atoms with Crippen LogP contribution < -0.4 is 10.5 Å². The molecule has 1 aromatic rings. The summed E-state index contributed by atoms with van der Waals surface area (Å²) in [5, 5.41) is 0. The van der Waals surface area contributed by atoms with Crippen LogP contribution in [0, 0.1) is 0 Å². The van der Waals surface area contributed by atoms with Gasteiger partial charge in [-0.3, -0.25) is 0 Å². The van der Waals surface area contributed by atoms with Crippen molar-refractivity contribution in [3.05, 3.63) is 29.8 Å². The van der Waals surface area contributed by atoms with Gasteiger partial charge in [-0.15, -0.1) is 0 Å². The highest BCUT2D eigenvalue weighted by Crippen LogP contribution is 2.09. The molecule has 0 fully saturated rings. The average Bonchev–Trinajstić information content (AvgIpc) is 2.17. The van der Waals surface area contributed by atoms with Gasteiger partial charge in [-0.2, -0.15) is 0 Å². The van der Waals surface area contributed by atoms with Crippen LogP contribution in [0.5, 0.6) is 0 Å². The van der Waals surface area contributed by atoms with Gasteiger partial charge in [0.1, 0.15) is 0 Å². The minimum atomic E-state index is -3.31. The zero-order chi connectivity index (χ0) is 12.0. The van der Waals surface area contributed by atoms with Gasteiger partial charge < -0.3 is 10.5 Å². The molecule has 0 radical (unpaired) electrons. The zero-order valence-electron chi connectivity index (χ0n) is 9.14. The lowest BCUT2D eigenvalue weighted by atomic mass is 10.2. The Hall–Kier alpha value is -1.11. The van der Waals surface area contributed by atoms with Gasteiger partial charge in [0.2, 0.25) is 10.0 Å². The minimum absolute atomic E-state index is 0.0677. The molecule has 0 unspecified atom stereocenters. The molecule has 0 amide bonds. The van der Waals surface area contributed by atoms with Crippen LogP contribution in [0.1, 0.15) is 5.56 Å². The molecular formula is C10H16N2O3S. The number of ether oxygens (including phenoxy) is 1. The SMILES string of the molecule is COCCNS(=O)(=O)Cc1cccc(N)c1. The second-order valence-corrected chi connectivity index (χ2v) is 5.20. The summed E-state index contributed by atoms with van der Waals surface area (Å²) in [6, 6.07) is 6.82. The number of nitrogens with two attached hydrogens (primary N) is 1. The summed E-state index contributed by atoms with van der Waals surface area (Å²) in [6.07, 6.45) is 0. The zero-order valence-corrected chi connectivity index (χ0v) is 9.96. The molecule has 1 rings (SSSR count). The Bertz CT molecular complexity index is 431. The quantitative estimate of drug-likeness (QED) is 0.558. The van der Waals surface area contributed by atoms with Crippen molar-refractivity contribution in [1.82, 2.24) is 4.72 Å². The second-order valence-electron chi connectivity index (χ2n) is 3.39. The summed E-state index contributed by atoms with van der Waals surface area (Å²) < 4.78 is 30.4. The fraction of sp³-hybridized carbons (Fsp3) is 0.400. The van der Waals surface area contributed by atoms with Crippen LogP contribution in [0.2, 0.25) is 0 Å². The van der Waals surface area contributed by atoms with E-state index in [9.17, 15) is 8.42 Å². The summed E-state index contributed by atoms with van der Waals surface area (Å²) in [5.41, 5.74) is 6.79. The first-order chi connectivity index (χ1) is 7.53. The number of nitrogens with one attached hydrogen (secondary N) is 1. The standard InChI is InChI=1S/C10H16N2O3S/c1-15-6-5-12-16(13,14)8-9-3-2-4-10(11)7-9/h2-4,7,12H,5-6,8,11H2,1H3. The highest BCUT2D eigenvalue weighted by molar-refractivity contribution is 7.88. The third-order valence-electron chi connectivity index (χ3n) is 1.94. The van der Waals surface area contributed by atoms with Crippen molar-refractivity contribution in [2.24, 2.45) is 0 Å². The summed E-state index contributed by atoms with van der Waals surface area (Å²) >= 11 is 0. The predicted molar refractivity (Wildman–Crippen MR) is 63.4 cm³/mol. The summed E-state index contributed by atoms with van der Waals surface area (Å²) in [5.74, 6) is -0.0677. The Kier molecular flexibility index (Phi) is 4.72. The van der Waals surface area contributed by atoms with E-state index in [-0.39, 0.29) is 12.3 Å². The smallest absolute Gasteiger partial charge is 0.215 e. The summed E-state index contributed by atoms with van der Waals surface area (Å²) in [4.78, 5) is 0. The van der Waals surface area contributed by atoms with Crippen molar-refractivity contribution < 1.29 is 13.2 Å². The van der Waals surface area contributed by atoms with E-state index in [0.717, 1.165) is 0 Å². The molecule has 0 saturated heterocycles. The summed E-state index contributed by atoms with van der Waals surface area (Å²) in [7, 11) is -1.79. The molecule has 0 aliphatic rings. The highest BCUT2D eigenvalue weighted by Gasteiger charge is 2.10. The first kappa shape index (κ1) is 13.0. The van der Waals surface area contributed by atoms with Crippen molar-refractivity contribution in [2.45, 2.75) is 5.75 Å². The fourth-order valence-corrected chi connectivity index (χ4v) is 2.37. The van der Waals surface area contributed by atoms with Crippen molar-refractivity contribution >= 4 is 15.7 Å². The summed E-state index contributed by atoms with van der Waals surface area (Å²) in [6.45, 7) is 0.636. The van der Waals surface area contributed by atoms with E-state index in [1.165, 1.54) is 7.11 Å². The maximum Gasteiger partial charge on any atom is 0.215 e. The third kappa shape index (κ3) is 4.61.